The fraction of sp³-hybridized carbons (Fsp3) is 1.00. The molecule has 0 spiro atoms. The van der Waals surface area contributed by atoms with Crippen LogP contribution in [0.15, 0.2) is 0 Å². The van der Waals surface area contributed by atoms with Crippen LogP contribution in [0.2, 0.25) is 0 Å². The van der Waals surface area contributed by atoms with Gasteiger partial charge in [0.15, 0.2) is 0 Å². The second-order valence-corrected chi connectivity index (χ2v) is 3.51. The summed E-state index contributed by atoms with van der Waals surface area (Å²) in [6.45, 7) is 0. The predicted octanol–water partition coefficient (Wildman–Crippen LogP) is -4.34. The molecule has 0 fully saturated rings. The number of hydrogen-bond acceptors (Lipinski definition) is 4. The van der Waals surface area contributed by atoms with Crippen LogP contribution in [0.25, 0.3) is 0 Å². The van der Waals surface area contributed by atoms with Gasteiger partial charge in [0.05, 0.1) is 10.1 Å². The molecule has 0 aromatic rings. The first-order valence-electron chi connectivity index (χ1n) is 2.17. The van der Waals surface area contributed by atoms with Gasteiger partial charge in [-0.05, 0) is 0 Å². The maximum Gasteiger partial charge on any atom is 1.00 e. The van der Waals surface area contributed by atoms with Crippen molar-refractivity contribution in [2.75, 3.05) is 5.75 Å². The summed E-state index contributed by atoms with van der Waals surface area (Å²) in [4.78, 5) is 0. The number of aliphatic hydroxyl groups is 1. The van der Waals surface area contributed by atoms with E-state index in [0.717, 1.165) is 0 Å². The molecular weight excluding hydrogens is 207 g/mol. The van der Waals surface area contributed by atoms with Gasteiger partial charge in [0, 0.05) is 12.2 Å². The van der Waals surface area contributed by atoms with Gasteiger partial charge in [0.2, 0.25) is 0 Å². The van der Waals surface area contributed by atoms with Crippen molar-refractivity contribution < 1.29 is 53.1 Å². The number of rotatable bonds is 3. The van der Waals surface area contributed by atoms with Crippen LogP contribution in [-0.4, -0.2) is 34.9 Å². The minimum atomic E-state index is -4.21. The van der Waals surface area contributed by atoms with E-state index in [1.165, 1.54) is 0 Å². The van der Waals surface area contributed by atoms with Crippen molar-refractivity contribution in [3.63, 3.8) is 0 Å². The van der Waals surface area contributed by atoms with Crippen molar-refractivity contribution in [3.05, 3.63) is 0 Å². The molecule has 1 atom stereocenters. The standard InChI is InChI=1S/C3H7ClO4S.Na.H2O/c4-3(5)1-2-9(6,7)8;;/h3,5H,1-2H2,(H,6,7,8);;1H2/q;+1;/p-1. The molecule has 0 bridgehead atoms. The summed E-state index contributed by atoms with van der Waals surface area (Å²) in [5.41, 5.74) is -1.24. The monoisotopic (exact) mass is 214 g/mol. The summed E-state index contributed by atoms with van der Waals surface area (Å²) in [6, 6.07) is 0. The van der Waals surface area contributed by atoms with Gasteiger partial charge in [-0.1, -0.05) is 11.6 Å². The summed E-state index contributed by atoms with van der Waals surface area (Å²) < 4.78 is 29.4. The zero-order chi connectivity index (χ0) is 7.49. The smallest absolute Gasteiger partial charge is 0.748 e. The van der Waals surface area contributed by atoms with E-state index >= 15 is 0 Å². The SMILES string of the molecule is O.O=S(=O)([O-])CCC(O)Cl.[Na+]. The van der Waals surface area contributed by atoms with Crippen molar-refractivity contribution in [1.29, 1.82) is 0 Å². The Labute approximate surface area is 92.1 Å². The van der Waals surface area contributed by atoms with Crippen LogP contribution >= 0.6 is 11.6 Å². The molecule has 0 aromatic heterocycles. The first-order valence-corrected chi connectivity index (χ1v) is 4.19. The Morgan fingerprint density at radius 2 is 1.91 bits per heavy atom. The number of aliphatic hydroxyl groups excluding tert-OH is 1. The average molecular weight is 215 g/mol. The fourth-order valence-corrected chi connectivity index (χ4v) is 0.992. The van der Waals surface area contributed by atoms with Crippen molar-refractivity contribution in [1.82, 2.24) is 0 Å². The molecular formula is C3H8ClNaO5S. The van der Waals surface area contributed by atoms with Gasteiger partial charge in [-0.15, -0.1) is 0 Å². The molecule has 0 heterocycles. The Balaban J connectivity index is -0.000000320. The molecule has 5 nitrogen and oxygen atoms in total. The first kappa shape index (κ1) is 18.0. The normalized spacial score (nSPS) is 12.6. The van der Waals surface area contributed by atoms with E-state index in [1.54, 1.807) is 0 Å². The molecule has 0 radical (unpaired) electrons. The fourth-order valence-electron chi connectivity index (χ4n) is 0.242. The summed E-state index contributed by atoms with van der Waals surface area (Å²) >= 11 is 4.94. The topological polar surface area (TPSA) is 109 Å². The Bertz CT molecular complexity index is 167. The van der Waals surface area contributed by atoms with E-state index < -0.39 is 21.4 Å². The van der Waals surface area contributed by atoms with Crippen molar-refractivity contribution in [3.8, 4) is 0 Å². The van der Waals surface area contributed by atoms with Crippen LogP contribution in [-0.2, 0) is 10.1 Å². The van der Waals surface area contributed by atoms with Crippen LogP contribution < -0.4 is 29.6 Å². The maximum atomic E-state index is 9.81. The van der Waals surface area contributed by atoms with E-state index in [1.807, 2.05) is 0 Å². The van der Waals surface area contributed by atoms with Gasteiger partial charge >= 0.3 is 29.6 Å². The van der Waals surface area contributed by atoms with Gasteiger partial charge in [-0.25, -0.2) is 8.42 Å². The van der Waals surface area contributed by atoms with Crippen molar-refractivity contribution in [2.24, 2.45) is 0 Å². The van der Waals surface area contributed by atoms with Crippen LogP contribution in [0.3, 0.4) is 0 Å². The van der Waals surface area contributed by atoms with Crippen molar-refractivity contribution >= 4 is 21.7 Å². The first-order chi connectivity index (χ1) is 3.92. The van der Waals surface area contributed by atoms with E-state index in [4.69, 9.17) is 16.7 Å². The minimum Gasteiger partial charge on any atom is -0.748 e. The van der Waals surface area contributed by atoms with Crippen LogP contribution in [0.4, 0.5) is 0 Å². The second kappa shape index (κ2) is 7.75. The Kier molecular flexibility index (Phi) is 12.7. The third kappa shape index (κ3) is 18.2. The number of hydrogen-bond donors (Lipinski definition) is 1. The quantitative estimate of drug-likeness (QED) is 0.291. The molecule has 3 N–H and O–H groups in total. The van der Waals surface area contributed by atoms with Gasteiger partial charge in [0.1, 0.15) is 5.56 Å². The summed E-state index contributed by atoms with van der Waals surface area (Å²) in [5, 5.41) is 8.28. The van der Waals surface area contributed by atoms with Gasteiger partial charge in [-0.3, -0.25) is 0 Å². The molecule has 0 aromatic carbocycles. The molecule has 8 heteroatoms. The molecule has 0 aliphatic carbocycles. The molecule has 64 valence electrons. The van der Waals surface area contributed by atoms with E-state index in [-0.39, 0.29) is 41.5 Å². The van der Waals surface area contributed by atoms with Gasteiger partial charge in [0.25, 0.3) is 0 Å². The molecule has 0 aliphatic heterocycles. The predicted molar refractivity (Wildman–Crippen MR) is 34.7 cm³/mol. The van der Waals surface area contributed by atoms with Crippen LogP contribution in [0.5, 0.6) is 0 Å². The number of alkyl halides is 1. The largest absolute Gasteiger partial charge is 1.00 e. The van der Waals surface area contributed by atoms with Gasteiger partial charge < -0.3 is 15.1 Å². The van der Waals surface area contributed by atoms with E-state index in [2.05, 4.69) is 0 Å². The maximum absolute atomic E-state index is 9.81. The zero-order valence-corrected chi connectivity index (χ0v) is 9.52. The van der Waals surface area contributed by atoms with Crippen molar-refractivity contribution in [2.45, 2.75) is 12.0 Å². The Morgan fingerprint density at radius 3 is 2.00 bits per heavy atom. The summed E-state index contributed by atoms with van der Waals surface area (Å²) in [5.74, 6) is -0.613. The molecule has 0 saturated carbocycles. The zero-order valence-electron chi connectivity index (χ0n) is 5.95. The van der Waals surface area contributed by atoms with Crippen LogP contribution in [0, 0.1) is 0 Å². The molecule has 11 heavy (non-hydrogen) atoms. The second-order valence-electron chi connectivity index (χ2n) is 1.48. The molecule has 0 rings (SSSR count). The summed E-state index contributed by atoms with van der Waals surface area (Å²) in [6.07, 6.45) is -0.215. The minimum absolute atomic E-state index is 0. The summed E-state index contributed by atoms with van der Waals surface area (Å²) in [7, 11) is -4.21. The number of halogens is 1. The molecule has 0 amide bonds. The van der Waals surface area contributed by atoms with Gasteiger partial charge in [-0.2, -0.15) is 0 Å². The van der Waals surface area contributed by atoms with Crippen LogP contribution in [0.1, 0.15) is 6.42 Å². The molecule has 0 aliphatic rings. The molecule has 1 unspecified atom stereocenters. The third-order valence-corrected chi connectivity index (χ3v) is 1.56. The Morgan fingerprint density at radius 1 is 1.55 bits per heavy atom. The Hall–Kier alpha value is 1.12. The molecule has 0 saturated heterocycles. The van der Waals surface area contributed by atoms with E-state index in [0.29, 0.717) is 0 Å². The third-order valence-electron chi connectivity index (χ3n) is 0.606. The van der Waals surface area contributed by atoms with E-state index in [9.17, 15) is 13.0 Å². The average Bonchev–Trinajstić information content (AvgIpc) is 1.59.